The summed E-state index contributed by atoms with van der Waals surface area (Å²) in [7, 11) is 1.64. The van der Waals surface area contributed by atoms with E-state index in [-0.39, 0.29) is 17.9 Å². The Kier molecular flexibility index (Phi) is 5.01. The highest BCUT2D eigenvalue weighted by Crippen LogP contribution is 2.18. The van der Waals surface area contributed by atoms with E-state index in [0.717, 1.165) is 17.7 Å². The summed E-state index contributed by atoms with van der Waals surface area (Å²) < 4.78 is 5.13. The van der Waals surface area contributed by atoms with Gasteiger partial charge in [0.15, 0.2) is 0 Å². The number of aliphatic hydroxyl groups excluding tert-OH is 1. The summed E-state index contributed by atoms with van der Waals surface area (Å²) >= 11 is 0. The number of methoxy groups -OCH3 is 1. The van der Waals surface area contributed by atoms with Crippen LogP contribution in [0.5, 0.6) is 5.75 Å². The van der Waals surface area contributed by atoms with Crippen LogP contribution in [0, 0.1) is 5.92 Å². The maximum atomic E-state index is 12.4. The Labute approximate surface area is 120 Å². The van der Waals surface area contributed by atoms with Crippen LogP contribution >= 0.6 is 0 Å². The van der Waals surface area contributed by atoms with E-state index in [0.29, 0.717) is 25.9 Å². The zero-order valence-electron chi connectivity index (χ0n) is 12.2. The molecule has 2 rings (SSSR count). The van der Waals surface area contributed by atoms with Gasteiger partial charge in [0, 0.05) is 19.0 Å². The van der Waals surface area contributed by atoms with Crippen LogP contribution in [-0.2, 0) is 11.2 Å². The Morgan fingerprint density at radius 1 is 1.35 bits per heavy atom. The average molecular weight is 277 g/mol. The van der Waals surface area contributed by atoms with Crippen LogP contribution < -0.4 is 4.74 Å². The summed E-state index contributed by atoms with van der Waals surface area (Å²) in [5.41, 5.74) is 1.14. The Morgan fingerprint density at radius 3 is 2.50 bits per heavy atom. The van der Waals surface area contributed by atoms with Gasteiger partial charge < -0.3 is 14.7 Å². The zero-order chi connectivity index (χ0) is 14.5. The summed E-state index contributed by atoms with van der Waals surface area (Å²) in [6.07, 6.45) is 1.89. The quantitative estimate of drug-likeness (QED) is 0.914. The molecule has 1 heterocycles. The molecular weight excluding hydrogens is 254 g/mol. The Hall–Kier alpha value is -1.55. The normalized spacial score (nSPS) is 17.9. The molecule has 1 aliphatic rings. The van der Waals surface area contributed by atoms with Crippen molar-refractivity contribution >= 4 is 5.91 Å². The second-order valence-electron chi connectivity index (χ2n) is 5.51. The van der Waals surface area contributed by atoms with E-state index in [2.05, 4.69) is 0 Å². The number of piperidine rings is 1. The standard InChI is InChI=1S/C16H23NO3/c1-12(11-13-3-5-15(20-2)6-4-13)16(19)17-9-7-14(18)8-10-17/h3-6,12,14,18H,7-11H2,1-2H3. The van der Waals surface area contributed by atoms with Gasteiger partial charge in [0.2, 0.25) is 5.91 Å². The second kappa shape index (κ2) is 6.75. The van der Waals surface area contributed by atoms with E-state index in [1.807, 2.05) is 36.1 Å². The molecule has 0 spiro atoms. The Balaban J connectivity index is 1.89. The Bertz CT molecular complexity index is 436. The van der Waals surface area contributed by atoms with Gasteiger partial charge in [-0.1, -0.05) is 19.1 Å². The summed E-state index contributed by atoms with van der Waals surface area (Å²) in [6, 6.07) is 7.85. The first kappa shape index (κ1) is 14.9. The molecular formula is C16H23NO3. The van der Waals surface area contributed by atoms with Gasteiger partial charge in [0.05, 0.1) is 13.2 Å². The van der Waals surface area contributed by atoms with E-state index in [1.165, 1.54) is 0 Å². The van der Waals surface area contributed by atoms with Crippen molar-refractivity contribution in [2.24, 2.45) is 5.92 Å². The summed E-state index contributed by atoms with van der Waals surface area (Å²) in [5.74, 6) is 0.990. The first-order valence-electron chi connectivity index (χ1n) is 7.20. The van der Waals surface area contributed by atoms with Crippen molar-refractivity contribution in [2.45, 2.75) is 32.3 Å². The number of benzene rings is 1. The highest BCUT2D eigenvalue weighted by molar-refractivity contribution is 5.78. The minimum atomic E-state index is -0.240. The monoisotopic (exact) mass is 277 g/mol. The number of carbonyl (C=O) groups excluding carboxylic acids is 1. The van der Waals surface area contributed by atoms with Crippen LogP contribution in [0.3, 0.4) is 0 Å². The fourth-order valence-corrected chi connectivity index (χ4v) is 2.60. The predicted octanol–water partition coefficient (Wildman–Crippen LogP) is 1.86. The highest BCUT2D eigenvalue weighted by Gasteiger charge is 2.25. The van der Waals surface area contributed by atoms with Gasteiger partial charge in [0.1, 0.15) is 5.75 Å². The second-order valence-corrected chi connectivity index (χ2v) is 5.51. The molecule has 20 heavy (non-hydrogen) atoms. The van der Waals surface area contributed by atoms with E-state index in [9.17, 15) is 9.90 Å². The molecule has 0 aliphatic carbocycles. The molecule has 1 atom stereocenters. The summed E-state index contributed by atoms with van der Waals surface area (Å²) in [4.78, 5) is 14.2. The van der Waals surface area contributed by atoms with E-state index in [4.69, 9.17) is 4.74 Å². The van der Waals surface area contributed by atoms with Crippen molar-refractivity contribution in [2.75, 3.05) is 20.2 Å². The fourth-order valence-electron chi connectivity index (χ4n) is 2.60. The van der Waals surface area contributed by atoms with E-state index in [1.54, 1.807) is 7.11 Å². The largest absolute Gasteiger partial charge is 0.497 e. The smallest absolute Gasteiger partial charge is 0.225 e. The predicted molar refractivity (Wildman–Crippen MR) is 77.7 cm³/mol. The molecule has 4 heteroatoms. The number of nitrogens with zero attached hydrogens (tertiary/aromatic N) is 1. The molecule has 0 aromatic heterocycles. The molecule has 1 N–H and O–H groups in total. The van der Waals surface area contributed by atoms with Gasteiger partial charge in [0.25, 0.3) is 0 Å². The number of aliphatic hydroxyl groups is 1. The van der Waals surface area contributed by atoms with Crippen molar-refractivity contribution in [3.63, 3.8) is 0 Å². The van der Waals surface area contributed by atoms with Crippen molar-refractivity contribution < 1.29 is 14.6 Å². The molecule has 0 radical (unpaired) electrons. The van der Waals surface area contributed by atoms with Crippen molar-refractivity contribution in [3.05, 3.63) is 29.8 Å². The van der Waals surface area contributed by atoms with Crippen LogP contribution in [-0.4, -0.2) is 42.2 Å². The maximum Gasteiger partial charge on any atom is 0.225 e. The minimum absolute atomic E-state index is 0.0290. The SMILES string of the molecule is COc1ccc(CC(C)C(=O)N2CCC(O)CC2)cc1. The van der Waals surface area contributed by atoms with Gasteiger partial charge in [-0.2, -0.15) is 0 Å². The lowest BCUT2D eigenvalue weighted by Crippen LogP contribution is -2.42. The zero-order valence-corrected chi connectivity index (χ0v) is 12.2. The highest BCUT2D eigenvalue weighted by atomic mass is 16.5. The van der Waals surface area contributed by atoms with Crippen LogP contribution in [0.1, 0.15) is 25.3 Å². The summed E-state index contributed by atoms with van der Waals surface area (Å²) in [6.45, 7) is 3.32. The molecule has 110 valence electrons. The minimum Gasteiger partial charge on any atom is -0.497 e. The van der Waals surface area contributed by atoms with E-state index >= 15 is 0 Å². The third-order valence-electron chi connectivity index (χ3n) is 3.90. The summed E-state index contributed by atoms with van der Waals surface area (Å²) in [5, 5.41) is 9.48. The van der Waals surface area contributed by atoms with Crippen LogP contribution in [0.2, 0.25) is 0 Å². The third kappa shape index (κ3) is 3.73. The maximum absolute atomic E-state index is 12.4. The molecule has 0 bridgehead atoms. The van der Waals surface area contributed by atoms with E-state index < -0.39 is 0 Å². The molecule has 1 fully saturated rings. The molecule has 1 saturated heterocycles. The van der Waals surface area contributed by atoms with Crippen LogP contribution in [0.4, 0.5) is 0 Å². The van der Waals surface area contributed by atoms with Crippen molar-refractivity contribution in [1.29, 1.82) is 0 Å². The number of rotatable bonds is 4. The van der Waals surface area contributed by atoms with Gasteiger partial charge in [-0.15, -0.1) is 0 Å². The lowest BCUT2D eigenvalue weighted by atomic mass is 9.98. The Morgan fingerprint density at radius 2 is 1.95 bits per heavy atom. The molecule has 1 aromatic carbocycles. The van der Waals surface area contributed by atoms with Gasteiger partial charge >= 0.3 is 0 Å². The first-order chi connectivity index (χ1) is 9.60. The molecule has 1 amide bonds. The van der Waals surface area contributed by atoms with Crippen molar-refractivity contribution in [1.82, 2.24) is 4.90 Å². The number of hydrogen-bond donors (Lipinski definition) is 1. The van der Waals surface area contributed by atoms with Crippen LogP contribution in [0.25, 0.3) is 0 Å². The first-order valence-corrected chi connectivity index (χ1v) is 7.20. The van der Waals surface area contributed by atoms with Gasteiger partial charge in [-0.25, -0.2) is 0 Å². The molecule has 0 saturated carbocycles. The number of ether oxygens (including phenoxy) is 1. The van der Waals surface area contributed by atoms with Crippen molar-refractivity contribution in [3.8, 4) is 5.75 Å². The van der Waals surface area contributed by atoms with Gasteiger partial charge in [-0.3, -0.25) is 4.79 Å². The average Bonchev–Trinajstić information content (AvgIpc) is 2.48. The number of likely N-dealkylation sites (tertiary alicyclic amines) is 1. The number of amides is 1. The molecule has 1 unspecified atom stereocenters. The fraction of sp³-hybridized carbons (Fsp3) is 0.562. The van der Waals surface area contributed by atoms with Crippen LogP contribution in [0.15, 0.2) is 24.3 Å². The molecule has 4 nitrogen and oxygen atoms in total. The lowest BCUT2D eigenvalue weighted by molar-refractivity contribution is -0.136. The molecule has 1 aromatic rings. The topological polar surface area (TPSA) is 49.8 Å². The lowest BCUT2D eigenvalue weighted by Gasteiger charge is -2.31. The van der Waals surface area contributed by atoms with Gasteiger partial charge in [-0.05, 0) is 37.0 Å². The molecule has 1 aliphatic heterocycles. The number of carbonyl (C=O) groups is 1. The third-order valence-corrected chi connectivity index (χ3v) is 3.90. The number of hydrogen-bond acceptors (Lipinski definition) is 3.